The van der Waals surface area contributed by atoms with E-state index in [9.17, 15) is 14.7 Å². The molecule has 1 amide bonds. The molecule has 1 atom stereocenters. The molecule has 2 N–H and O–H groups in total. The number of carbonyl (C=O) groups is 2. The minimum Gasteiger partial charge on any atom is -0.503 e. The second-order valence-electron chi connectivity index (χ2n) is 8.38. The summed E-state index contributed by atoms with van der Waals surface area (Å²) in [6.45, 7) is 1.95. The molecule has 5 nitrogen and oxygen atoms in total. The van der Waals surface area contributed by atoms with E-state index in [1.54, 1.807) is 0 Å². The number of aliphatic hydroxyl groups is 1. The van der Waals surface area contributed by atoms with Gasteiger partial charge in [0.1, 0.15) is 0 Å². The molecule has 0 aliphatic carbocycles. The molecule has 164 valence electrons. The number of amides is 1. The molecule has 5 rings (SSSR count). The van der Waals surface area contributed by atoms with Crippen LogP contribution in [0, 0.1) is 6.92 Å². The Bertz CT molecular complexity index is 1380. The van der Waals surface area contributed by atoms with Crippen LogP contribution in [-0.4, -0.2) is 21.8 Å². The van der Waals surface area contributed by atoms with Crippen LogP contribution in [0.25, 0.3) is 10.9 Å². The number of nitrogens with zero attached hydrogens (tertiary/aromatic N) is 1. The molecule has 0 radical (unpaired) electrons. The summed E-state index contributed by atoms with van der Waals surface area (Å²) in [5.74, 6) is -1.25. The number of nitrogens with one attached hydrogen (secondary N) is 1. The van der Waals surface area contributed by atoms with Crippen molar-refractivity contribution in [3.8, 4) is 0 Å². The second kappa shape index (κ2) is 8.43. The minimum absolute atomic E-state index is 0.155. The number of carbonyl (C=O) groups excluding carboxylic acids is 2. The van der Waals surface area contributed by atoms with Gasteiger partial charge in [0.2, 0.25) is 0 Å². The van der Waals surface area contributed by atoms with Gasteiger partial charge in [-0.25, -0.2) is 0 Å². The Balaban J connectivity index is 1.59. The van der Waals surface area contributed by atoms with Crippen LogP contribution in [0.15, 0.2) is 96.4 Å². The standard InChI is InChI=1S/C28H24N2O3/c1-18-8-7-11-20(16-18)30-26(22-17-29-23-13-6-5-12-21(22)23)25(27(32)28(30)33)24(31)15-14-19-9-3-2-4-10-19/h2-13,16-17,26,29,32H,14-15H2,1H3. The first-order chi connectivity index (χ1) is 16.0. The van der Waals surface area contributed by atoms with Gasteiger partial charge in [0, 0.05) is 34.8 Å². The topological polar surface area (TPSA) is 73.4 Å². The average molecular weight is 437 g/mol. The van der Waals surface area contributed by atoms with E-state index in [0.717, 1.165) is 27.6 Å². The zero-order valence-electron chi connectivity index (χ0n) is 18.3. The van der Waals surface area contributed by atoms with E-state index in [0.29, 0.717) is 12.1 Å². The molecule has 5 heteroatoms. The molecular weight excluding hydrogens is 412 g/mol. The van der Waals surface area contributed by atoms with Crippen LogP contribution in [0.5, 0.6) is 0 Å². The van der Waals surface area contributed by atoms with E-state index in [4.69, 9.17) is 0 Å². The first-order valence-corrected chi connectivity index (χ1v) is 11.0. The molecule has 1 aliphatic heterocycles. The van der Waals surface area contributed by atoms with Gasteiger partial charge < -0.3 is 10.1 Å². The van der Waals surface area contributed by atoms with Gasteiger partial charge in [-0.05, 0) is 42.7 Å². The third kappa shape index (κ3) is 3.72. The van der Waals surface area contributed by atoms with Crippen molar-refractivity contribution < 1.29 is 14.7 Å². The summed E-state index contributed by atoms with van der Waals surface area (Å²) in [7, 11) is 0. The summed E-state index contributed by atoms with van der Waals surface area (Å²) in [4.78, 5) is 31.5. The molecule has 0 bridgehead atoms. The van der Waals surface area contributed by atoms with Crippen LogP contribution in [-0.2, 0) is 16.0 Å². The Labute approximate surface area is 192 Å². The maximum Gasteiger partial charge on any atom is 0.294 e. The Kier molecular flexibility index (Phi) is 5.31. The number of rotatable bonds is 6. The largest absolute Gasteiger partial charge is 0.503 e. The predicted octanol–water partition coefficient (Wildman–Crippen LogP) is 5.58. The van der Waals surface area contributed by atoms with Gasteiger partial charge in [0.05, 0.1) is 11.6 Å². The number of H-pyrrole nitrogens is 1. The Hall–Kier alpha value is -4.12. The first kappa shape index (κ1) is 20.8. The molecule has 1 unspecified atom stereocenters. The number of hydrogen-bond donors (Lipinski definition) is 2. The average Bonchev–Trinajstić information content (AvgIpc) is 3.37. The van der Waals surface area contributed by atoms with Crippen molar-refractivity contribution in [2.45, 2.75) is 25.8 Å². The molecule has 1 aromatic heterocycles. The van der Waals surface area contributed by atoms with Crippen LogP contribution in [0.3, 0.4) is 0 Å². The van der Waals surface area contributed by atoms with Crippen LogP contribution in [0.1, 0.15) is 29.2 Å². The normalized spacial score (nSPS) is 16.1. The number of hydrogen-bond acceptors (Lipinski definition) is 3. The molecule has 33 heavy (non-hydrogen) atoms. The van der Waals surface area contributed by atoms with E-state index in [1.807, 2.05) is 92.0 Å². The predicted molar refractivity (Wildman–Crippen MR) is 129 cm³/mol. The van der Waals surface area contributed by atoms with Crippen LogP contribution < -0.4 is 4.90 Å². The van der Waals surface area contributed by atoms with Crippen molar-refractivity contribution in [3.05, 3.63) is 113 Å². The number of aryl methyl sites for hydroxylation is 2. The molecule has 1 aliphatic rings. The Morgan fingerprint density at radius 2 is 1.76 bits per heavy atom. The number of ketones is 1. The number of benzene rings is 3. The number of para-hydroxylation sites is 1. The van der Waals surface area contributed by atoms with Crippen molar-refractivity contribution in [3.63, 3.8) is 0 Å². The first-order valence-electron chi connectivity index (χ1n) is 11.0. The van der Waals surface area contributed by atoms with Gasteiger partial charge >= 0.3 is 0 Å². The summed E-state index contributed by atoms with van der Waals surface area (Å²) in [5, 5.41) is 11.8. The summed E-state index contributed by atoms with van der Waals surface area (Å²) in [6.07, 6.45) is 2.57. The maximum atomic E-state index is 13.5. The highest BCUT2D eigenvalue weighted by Gasteiger charge is 2.44. The zero-order valence-corrected chi connectivity index (χ0v) is 18.3. The van der Waals surface area contributed by atoms with Crippen molar-refractivity contribution in [2.24, 2.45) is 0 Å². The fourth-order valence-corrected chi connectivity index (χ4v) is 4.59. The number of fused-ring (bicyclic) bond motifs is 1. The molecule has 0 saturated carbocycles. The third-order valence-corrected chi connectivity index (χ3v) is 6.19. The zero-order chi connectivity index (χ0) is 22.9. The number of aromatic nitrogens is 1. The molecule has 4 aromatic rings. The highest BCUT2D eigenvalue weighted by Crippen LogP contribution is 2.43. The smallest absolute Gasteiger partial charge is 0.294 e. The summed E-state index contributed by atoms with van der Waals surface area (Å²) in [6, 6.07) is 24.3. The van der Waals surface area contributed by atoms with Gasteiger partial charge in [-0.15, -0.1) is 0 Å². The summed E-state index contributed by atoms with van der Waals surface area (Å²) in [5.41, 5.74) is 4.52. The van der Waals surface area contributed by atoms with Gasteiger partial charge in [-0.1, -0.05) is 60.7 Å². The monoisotopic (exact) mass is 436 g/mol. The molecule has 0 saturated heterocycles. The number of anilines is 1. The van der Waals surface area contributed by atoms with Gasteiger partial charge in [0.15, 0.2) is 11.5 Å². The van der Waals surface area contributed by atoms with E-state index in [2.05, 4.69) is 4.98 Å². The van der Waals surface area contributed by atoms with Crippen LogP contribution >= 0.6 is 0 Å². The SMILES string of the molecule is Cc1cccc(N2C(=O)C(O)=C(C(=O)CCc3ccccc3)C2c2c[nH]c3ccccc23)c1. The lowest BCUT2D eigenvalue weighted by Crippen LogP contribution is -2.31. The third-order valence-electron chi connectivity index (χ3n) is 6.19. The highest BCUT2D eigenvalue weighted by molar-refractivity contribution is 6.17. The molecular formula is C28H24N2O3. The molecule has 3 aromatic carbocycles. The minimum atomic E-state index is -0.710. The van der Waals surface area contributed by atoms with Crippen molar-refractivity contribution in [1.82, 2.24) is 4.98 Å². The van der Waals surface area contributed by atoms with Gasteiger partial charge in [-0.3, -0.25) is 14.5 Å². The maximum absolute atomic E-state index is 13.5. The highest BCUT2D eigenvalue weighted by atomic mass is 16.3. The van der Waals surface area contributed by atoms with Crippen molar-refractivity contribution in [2.75, 3.05) is 4.90 Å². The number of aliphatic hydroxyl groups excluding tert-OH is 1. The lowest BCUT2D eigenvalue weighted by molar-refractivity contribution is -0.118. The van der Waals surface area contributed by atoms with E-state index >= 15 is 0 Å². The van der Waals surface area contributed by atoms with Gasteiger partial charge in [0.25, 0.3) is 5.91 Å². The Morgan fingerprint density at radius 3 is 2.55 bits per heavy atom. The number of aromatic amines is 1. The molecule has 0 fully saturated rings. The second-order valence-corrected chi connectivity index (χ2v) is 8.38. The van der Waals surface area contributed by atoms with Crippen molar-refractivity contribution >= 4 is 28.3 Å². The van der Waals surface area contributed by atoms with E-state index < -0.39 is 17.7 Å². The number of Topliss-reactive ketones (excluding diaryl/α,β-unsaturated/α-hetero) is 1. The van der Waals surface area contributed by atoms with E-state index in [1.165, 1.54) is 4.90 Å². The van der Waals surface area contributed by atoms with E-state index in [-0.39, 0.29) is 17.8 Å². The molecule has 0 spiro atoms. The van der Waals surface area contributed by atoms with Crippen LogP contribution in [0.2, 0.25) is 0 Å². The fourth-order valence-electron chi connectivity index (χ4n) is 4.59. The van der Waals surface area contributed by atoms with Gasteiger partial charge in [-0.2, -0.15) is 0 Å². The van der Waals surface area contributed by atoms with Crippen molar-refractivity contribution in [1.29, 1.82) is 0 Å². The molecule has 2 heterocycles. The summed E-state index contributed by atoms with van der Waals surface area (Å²) >= 11 is 0. The quantitative estimate of drug-likeness (QED) is 0.414. The fraction of sp³-hybridized carbons (Fsp3) is 0.143. The summed E-state index contributed by atoms with van der Waals surface area (Å²) < 4.78 is 0. The van der Waals surface area contributed by atoms with Crippen LogP contribution in [0.4, 0.5) is 5.69 Å². The Morgan fingerprint density at radius 1 is 1.00 bits per heavy atom. The lowest BCUT2D eigenvalue weighted by atomic mass is 9.92. The lowest BCUT2D eigenvalue weighted by Gasteiger charge is -2.27.